The summed E-state index contributed by atoms with van der Waals surface area (Å²) in [4.78, 5) is 33.6. The van der Waals surface area contributed by atoms with Gasteiger partial charge in [-0.15, -0.1) is 0 Å². The van der Waals surface area contributed by atoms with Gasteiger partial charge in [0.1, 0.15) is 12.4 Å². The first-order valence-electron chi connectivity index (χ1n) is 15.4. The molecule has 0 spiro atoms. The van der Waals surface area contributed by atoms with Gasteiger partial charge in [0.15, 0.2) is 4.80 Å². The van der Waals surface area contributed by atoms with Crippen molar-refractivity contribution in [1.82, 2.24) is 4.57 Å². The molecule has 1 aliphatic rings. The Morgan fingerprint density at radius 3 is 2.35 bits per heavy atom. The molecular formula is C38H31Cl3N2O4S. The van der Waals surface area contributed by atoms with Crippen LogP contribution in [-0.4, -0.2) is 17.1 Å². The van der Waals surface area contributed by atoms with Crippen LogP contribution in [-0.2, 0) is 16.1 Å². The summed E-state index contributed by atoms with van der Waals surface area (Å²) in [5.41, 5.74) is 4.46. The zero-order chi connectivity index (χ0) is 33.9. The summed E-state index contributed by atoms with van der Waals surface area (Å²) < 4.78 is 13.7. The highest BCUT2D eigenvalue weighted by Crippen LogP contribution is 2.36. The van der Waals surface area contributed by atoms with E-state index in [1.165, 1.54) is 11.3 Å². The number of thiazole rings is 1. The Hall–Kier alpha value is -4.14. The summed E-state index contributed by atoms with van der Waals surface area (Å²) >= 11 is 20.1. The Morgan fingerprint density at radius 1 is 0.958 bits per heavy atom. The van der Waals surface area contributed by atoms with E-state index in [0.717, 1.165) is 22.3 Å². The lowest BCUT2D eigenvalue weighted by Gasteiger charge is -2.26. The van der Waals surface area contributed by atoms with Gasteiger partial charge in [0.2, 0.25) is 0 Å². The molecule has 0 N–H and O–H groups in total. The lowest BCUT2D eigenvalue weighted by Crippen LogP contribution is -2.40. The van der Waals surface area contributed by atoms with Gasteiger partial charge in [-0.1, -0.05) is 121 Å². The minimum atomic E-state index is -0.777. The van der Waals surface area contributed by atoms with Crippen LogP contribution in [0.2, 0.25) is 15.1 Å². The summed E-state index contributed by atoms with van der Waals surface area (Å²) in [7, 11) is 0. The lowest BCUT2D eigenvalue weighted by molar-refractivity contribution is -0.138. The summed E-state index contributed by atoms with van der Waals surface area (Å²) in [6.07, 6.45) is 1.74. The molecule has 4 aromatic carbocycles. The van der Waals surface area contributed by atoms with Gasteiger partial charge in [-0.2, -0.15) is 0 Å². The van der Waals surface area contributed by atoms with Gasteiger partial charge in [-0.3, -0.25) is 9.36 Å². The number of benzene rings is 4. The summed E-state index contributed by atoms with van der Waals surface area (Å²) in [5, 5.41) is 1.49. The molecule has 2 heterocycles. The molecule has 0 saturated carbocycles. The topological polar surface area (TPSA) is 69.9 Å². The standard InChI is InChI=1S/C38H31Cl3N2O4S/c1-4-46-37(45)33-34(24-8-6-5-7-9-24)42-38-43(35(33)25-12-10-23(11-13-25)22(2)3)36(44)32(48-38)19-27-18-28(39)16-17-31(27)47-21-26-14-15-29(40)20-30(26)41/h5-20,22,35H,4,21H2,1-3H3/b32-19-/t35-/m0/s1. The third kappa shape index (κ3) is 7.01. The lowest BCUT2D eigenvalue weighted by atomic mass is 9.91. The predicted octanol–water partition coefficient (Wildman–Crippen LogP) is 8.60. The fourth-order valence-electron chi connectivity index (χ4n) is 5.52. The molecule has 48 heavy (non-hydrogen) atoms. The summed E-state index contributed by atoms with van der Waals surface area (Å²) in [6, 6.07) is 27.1. The van der Waals surface area contributed by atoms with Gasteiger partial charge < -0.3 is 9.47 Å². The van der Waals surface area contributed by atoms with Crippen molar-refractivity contribution in [2.45, 2.75) is 39.3 Å². The fraction of sp³-hybridized carbons (Fsp3) is 0.184. The minimum absolute atomic E-state index is 0.173. The molecule has 0 saturated heterocycles. The normalized spacial score (nSPS) is 14.6. The zero-order valence-corrected chi connectivity index (χ0v) is 29.5. The van der Waals surface area contributed by atoms with Crippen molar-refractivity contribution in [3.05, 3.63) is 159 Å². The largest absolute Gasteiger partial charge is 0.488 e. The molecule has 6 rings (SSSR count). The van der Waals surface area contributed by atoms with Crippen LogP contribution in [0.25, 0.3) is 11.8 Å². The van der Waals surface area contributed by atoms with Gasteiger partial charge >= 0.3 is 5.97 Å². The van der Waals surface area contributed by atoms with Gasteiger partial charge in [0, 0.05) is 31.8 Å². The zero-order valence-electron chi connectivity index (χ0n) is 26.4. The number of nitrogens with zero attached hydrogens (tertiary/aromatic N) is 2. The number of hydrogen-bond acceptors (Lipinski definition) is 6. The van der Waals surface area contributed by atoms with Crippen LogP contribution < -0.4 is 19.6 Å². The third-order valence-electron chi connectivity index (χ3n) is 7.95. The first-order chi connectivity index (χ1) is 23.1. The Balaban J connectivity index is 1.53. The molecule has 1 aromatic heterocycles. The predicted molar refractivity (Wildman–Crippen MR) is 194 cm³/mol. The van der Waals surface area contributed by atoms with E-state index in [2.05, 4.69) is 13.8 Å². The van der Waals surface area contributed by atoms with Crippen LogP contribution in [0, 0.1) is 0 Å². The van der Waals surface area contributed by atoms with Crippen molar-refractivity contribution in [2.75, 3.05) is 6.61 Å². The number of fused-ring (bicyclic) bond motifs is 1. The fourth-order valence-corrected chi connectivity index (χ4v) is 7.15. The molecule has 0 amide bonds. The van der Waals surface area contributed by atoms with Gasteiger partial charge in [-0.25, -0.2) is 9.79 Å². The molecule has 0 aliphatic carbocycles. The molecule has 1 aliphatic heterocycles. The van der Waals surface area contributed by atoms with E-state index >= 15 is 0 Å². The van der Waals surface area contributed by atoms with E-state index in [9.17, 15) is 9.59 Å². The van der Waals surface area contributed by atoms with Crippen molar-refractivity contribution in [3.8, 4) is 5.75 Å². The molecule has 6 nitrogen and oxygen atoms in total. The molecule has 10 heteroatoms. The molecule has 5 aromatic rings. The van der Waals surface area contributed by atoms with Crippen molar-refractivity contribution >= 4 is 63.9 Å². The van der Waals surface area contributed by atoms with Crippen molar-refractivity contribution in [3.63, 3.8) is 0 Å². The number of rotatable bonds is 9. The molecule has 0 radical (unpaired) electrons. The maximum absolute atomic E-state index is 14.4. The SMILES string of the molecule is CCOC(=O)C1=C(c2ccccc2)N=c2s/c(=C\c3cc(Cl)ccc3OCc3ccc(Cl)cc3Cl)c(=O)n2[C@H]1c1ccc(C(C)C)cc1. The van der Waals surface area contributed by atoms with Crippen molar-refractivity contribution in [2.24, 2.45) is 4.99 Å². The first kappa shape index (κ1) is 33.7. The number of halogens is 3. The van der Waals surface area contributed by atoms with E-state index in [1.807, 2.05) is 54.6 Å². The third-order valence-corrected chi connectivity index (χ3v) is 9.75. The van der Waals surface area contributed by atoms with E-state index in [1.54, 1.807) is 54.0 Å². The van der Waals surface area contributed by atoms with Crippen LogP contribution in [0.4, 0.5) is 0 Å². The highest BCUT2D eigenvalue weighted by atomic mass is 35.5. The number of ether oxygens (including phenoxy) is 2. The van der Waals surface area contributed by atoms with E-state index in [-0.39, 0.29) is 18.8 Å². The van der Waals surface area contributed by atoms with E-state index in [4.69, 9.17) is 49.3 Å². The second-order valence-corrected chi connectivity index (χ2v) is 13.7. The number of carbonyl (C=O) groups excluding carboxylic acids is 1. The van der Waals surface area contributed by atoms with Crippen LogP contribution in [0.5, 0.6) is 5.75 Å². The second-order valence-electron chi connectivity index (χ2n) is 11.5. The maximum atomic E-state index is 14.4. The molecule has 0 fully saturated rings. The van der Waals surface area contributed by atoms with Crippen LogP contribution >= 0.6 is 46.1 Å². The molecule has 244 valence electrons. The highest BCUT2D eigenvalue weighted by molar-refractivity contribution is 7.07. The highest BCUT2D eigenvalue weighted by Gasteiger charge is 2.35. The number of carbonyl (C=O) groups is 1. The quantitative estimate of drug-likeness (QED) is 0.143. The Kier molecular flexibility index (Phi) is 10.2. The first-order valence-corrected chi connectivity index (χ1v) is 17.3. The minimum Gasteiger partial charge on any atom is -0.488 e. The van der Waals surface area contributed by atoms with Gasteiger partial charge in [-0.05, 0) is 60.4 Å². The Bertz CT molecular complexity index is 2210. The van der Waals surface area contributed by atoms with E-state index in [0.29, 0.717) is 52.9 Å². The van der Waals surface area contributed by atoms with Gasteiger partial charge in [0.25, 0.3) is 5.56 Å². The van der Waals surface area contributed by atoms with Crippen molar-refractivity contribution < 1.29 is 14.3 Å². The number of hydrogen-bond donors (Lipinski definition) is 0. The average molecular weight is 718 g/mol. The number of aromatic nitrogens is 1. The van der Waals surface area contributed by atoms with Crippen molar-refractivity contribution in [1.29, 1.82) is 0 Å². The molecule has 0 bridgehead atoms. The number of esters is 1. The summed E-state index contributed by atoms with van der Waals surface area (Å²) in [6.45, 7) is 6.34. The van der Waals surface area contributed by atoms with Crippen LogP contribution in [0.1, 0.15) is 60.5 Å². The Morgan fingerprint density at radius 2 is 1.67 bits per heavy atom. The maximum Gasteiger partial charge on any atom is 0.338 e. The molecule has 1 atom stereocenters. The van der Waals surface area contributed by atoms with E-state index < -0.39 is 12.0 Å². The average Bonchev–Trinajstić information content (AvgIpc) is 3.38. The summed E-state index contributed by atoms with van der Waals surface area (Å²) in [5.74, 6) is 0.291. The van der Waals surface area contributed by atoms with Gasteiger partial charge in [0.05, 0.1) is 28.5 Å². The monoisotopic (exact) mass is 716 g/mol. The van der Waals surface area contributed by atoms with Crippen LogP contribution in [0.3, 0.4) is 0 Å². The Labute approximate surface area is 297 Å². The van der Waals surface area contributed by atoms with Crippen LogP contribution in [0.15, 0.2) is 106 Å². The molecule has 0 unspecified atom stereocenters. The smallest absolute Gasteiger partial charge is 0.338 e. The molecular weight excluding hydrogens is 687 g/mol. The second kappa shape index (κ2) is 14.5.